The normalized spacial score (nSPS) is 13.7. The number of halogens is 2. The first-order chi connectivity index (χ1) is 13.5. The number of amides is 2. The molecule has 0 aliphatic carbocycles. The van der Waals surface area contributed by atoms with Gasteiger partial charge in [-0.15, -0.1) is 0 Å². The predicted octanol–water partition coefficient (Wildman–Crippen LogP) is 3.35. The highest BCUT2D eigenvalue weighted by Gasteiger charge is 2.25. The minimum atomic E-state index is -2.95. The van der Waals surface area contributed by atoms with Gasteiger partial charge in [0.1, 0.15) is 0 Å². The number of ether oxygens (including phenoxy) is 2. The Morgan fingerprint density at radius 1 is 1.21 bits per heavy atom. The van der Waals surface area contributed by atoms with E-state index in [0.29, 0.717) is 29.8 Å². The van der Waals surface area contributed by atoms with Crippen LogP contribution >= 0.6 is 0 Å². The Morgan fingerprint density at radius 3 is 2.68 bits per heavy atom. The number of hydrogen-bond acceptors (Lipinski definition) is 4. The van der Waals surface area contributed by atoms with Gasteiger partial charge in [0.15, 0.2) is 11.5 Å². The van der Waals surface area contributed by atoms with Gasteiger partial charge in [-0.1, -0.05) is 18.2 Å². The quantitative estimate of drug-likeness (QED) is 0.787. The van der Waals surface area contributed by atoms with Gasteiger partial charge in [0.25, 0.3) is 5.91 Å². The van der Waals surface area contributed by atoms with Gasteiger partial charge in [-0.25, -0.2) is 0 Å². The zero-order valence-electron chi connectivity index (χ0n) is 15.3. The maximum atomic E-state index is 12.7. The van der Waals surface area contributed by atoms with Gasteiger partial charge in [-0.05, 0) is 36.2 Å². The molecule has 148 valence electrons. The van der Waals surface area contributed by atoms with Crippen molar-refractivity contribution in [3.05, 3.63) is 53.6 Å². The third kappa shape index (κ3) is 4.39. The van der Waals surface area contributed by atoms with E-state index in [1.807, 2.05) is 0 Å². The fourth-order valence-electron chi connectivity index (χ4n) is 3.10. The number of hydrogen-bond donors (Lipinski definition) is 1. The number of alkyl halides is 2. The summed E-state index contributed by atoms with van der Waals surface area (Å²) in [6, 6.07) is 11.4. The molecule has 2 amide bonds. The van der Waals surface area contributed by atoms with Crippen molar-refractivity contribution in [3.8, 4) is 11.5 Å². The second-order valence-corrected chi connectivity index (χ2v) is 6.21. The van der Waals surface area contributed by atoms with Crippen molar-refractivity contribution in [2.75, 3.05) is 18.6 Å². The van der Waals surface area contributed by atoms with Crippen LogP contribution in [0.4, 0.5) is 14.5 Å². The number of methoxy groups -OCH3 is 1. The molecule has 1 N–H and O–H groups in total. The van der Waals surface area contributed by atoms with Gasteiger partial charge in [0, 0.05) is 19.5 Å². The maximum absolute atomic E-state index is 12.7. The number of nitrogens with zero attached hydrogens (tertiary/aromatic N) is 1. The highest BCUT2D eigenvalue weighted by Crippen LogP contribution is 2.30. The van der Waals surface area contributed by atoms with Crippen molar-refractivity contribution in [1.82, 2.24) is 5.32 Å². The SMILES string of the molecule is COc1cc(CNC(=O)c2ccccc2N2CCCC2=O)ccc1OC(F)F. The summed E-state index contributed by atoms with van der Waals surface area (Å²) in [5.74, 6) is -0.262. The van der Waals surface area contributed by atoms with Crippen LogP contribution in [0.15, 0.2) is 42.5 Å². The summed E-state index contributed by atoms with van der Waals surface area (Å²) in [4.78, 5) is 26.3. The third-order valence-corrected chi connectivity index (χ3v) is 4.41. The molecule has 1 aliphatic rings. The molecule has 8 heteroatoms. The van der Waals surface area contributed by atoms with Gasteiger partial charge >= 0.3 is 6.61 Å². The van der Waals surface area contributed by atoms with Crippen molar-refractivity contribution in [2.45, 2.75) is 26.0 Å². The molecule has 1 saturated heterocycles. The molecule has 0 radical (unpaired) electrons. The number of anilines is 1. The number of benzene rings is 2. The molecule has 0 atom stereocenters. The fraction of sp³-hybridized carbons (Fsp3) is 0.300. The van der Waals surface area contributed by atoms with Crippen molar-refractivity contribution in [1.29, 1.82) is 0 Å². The lowest BCUT2D eigenvalue weighted by Crippen LogP contribution is -2.29. The molecule has 2 aromatic rings. The van der Waals surface area contributed by atoms with Crippen LogP contribution in [0.5, 0.6) is 11.5 Å². The molecule has 0 spiro atoms. The van der Waals surface area contributed by atoms with Crippen LogP contribution in [0.1, 0.15) is 28.8 Å². The molecule has 0 saturated carbocycles. The summed E-state index contributed by atoms with van der Waals surface area (Å²) in [5, 5.41) is 2.78. The summed E-state index contributed by atoms with van der Waals surface area (Å²) in [6.07, 6.45) is 1.24. The van der Waals surface area contributed by atoms with Crippen LogP contribution in [-0.2, 0) is 11.3 Å². The largest absolute Gasteiger partial charge is 0.493 e. The number of rotatable bonds is 7. The highest BCUT2D eigenvalue weighted by molar-refractivity contribution is 6.05. The van der Waals surface area contributed by atoms with Gasteiger partial charge in [-0.2, -0.15) is 8.78 Å². The zero-order valence-corrected chi connectivity index (χ0v) is 15.3. The summed E-state index contributed by atoms with van der Waals surface area (Å²) in [6.45, 7) is -2.21. The minimum Gasteiger partial charge on any atom is -0.493 e. The number of carbonyl (C=O) groups excluding carboxylic acids is 2. The number of nitrogens with one attached hydrogen (secondary N) is 1. The molecule has 1 fully saturated rings. The lowest BCUT2D eigenvalue weighted by atomic mass is 10.1. The van der Waals surface area contributed by atoms with Crippen LogP contribution in [0.2, 0.25) is 0 Å². The summed E-state index contributed by atoms with van der Waals surface area (Å²) >= 11 is 0. The van der Waals surface area contributed by atoms with Crippen LogP contribution in [0, 0.1) is 0 Å². The van der Waals surface area contributed by atoms with Crippen LogP contribution in [0.3, 0.4) is 0 Å². The molecular weight excluding hydrogens is 370 g/mol. The number of carbonyl (C=O) groups is 2. The van der Waals surface area contributed by atoms with Crippen molar-refractivity contribution >= 4 is 17.5 Å². The smallest absolute Gasteiger partial charge is 0.387 e. The van der Waals surface area contributed by atoms with E-state index in [4.69, 9.17) is 4.74 Å². The second kappa shape index (κ2) is 8.69. The standard InChI is InChI=1S/C20H20F2N2O4/c1-27-17-11-13(8-9-16(17)28-20(21)22)12-23-19(26)14-5-2-3-6-15(14)24-10-4-7-18(24)25/h2-3,5-6,8-9,11,20H,4,7,10,12H2,1H3,(H,23,26). The monoisotopic (exact) mass is 390 g/mol. The molecule has 1 aliphatic heterocycles. The van der Waals surface area contributed by atoms with E-state index in [-0.39, 0.29) is 29.9 Å². The molecular formula is C20H20F2N2O4. The molecule has 6 nitrogen and oxygen atoms in total. The van der Waals surface area contributed by atoms with E-state index in [9.17, 15) is 18.4 Å². The van der Waals surface area contributed by atoms with E-state index >= 15 is 0 Å². The Morgan fingerprint density at radius 2 is 2.00 bits per heavy atom. The van der Waals surface area contributed by atoms with Crippen molar-refractivity contribution in [3.63, 3.8) is 0 Å². The summed E-state index contributed by atoms with van der Waals surface area (Å²) < 4.78 is 34.3. The first-order valence-electron chi connectivity index (χ1n) is 8.79. The van der Waals surface area contributed by atoms with Crippen molar-refractivity contribution in [2.24, 2.45) is 0 Å². The molecule has 3 rings (SSSR count). The van der Waals surface area contributed by atoms with E-state index in [1.54, 1.807) is 35.2 Å². The first-order valence-corrected chi connectivity index (χ1v) is 8.79. The fourth-order valence-corrected chi connectivity index (χ4v) is 3.10. The summed E-state index contributed by atoms with van der Waals surface area (Å²) in [5.41, 5.74) is 1.64. The summed E-state index contributed by atoms with van der Waals surface area (Å²) in [7, 11) is 1.35. The highest BCUT2D eigenvalue weighted by atomic mass is 19.3. The molecule has 28 heavy (non-hydrogen) atoms. The van der Waals surface area contributed by atoms with E-state index in [1.165, 1.54) is 19.2 Å². The van der Waals surface area contributed by atoms with Crippen LogP contribution in [-0.4, -0.2) is 32.1 Å². The minimum absolute atomic E-state index is 0.000366. The van der Waals surface area contributed by atoms with Gasteiger partial charge in [0.05, 0.1) is 18.4 Å². The van der Waals surface area contributed by atoms with Gasteiger partial charge in [-0.3, -0.25) is 9.59 Å². The van der Waals surface area contributed by atoms with Crippen LogP contribution in [0.25, 0.3) is 0 Å². The van der Waals surface area contributed by atoms with Crippen molar-refractivity contribution < 1.29 is 27.8 Å². The Kier molecular flexibility index (Phi) is 6.08. The lowest BCUT2D eigenvalue weighted by molar-refractivity contribution is -0.117. The average Bonchev–Trinajstić information content (AvgIpc) is 3.12. The third-order valence-electron chi connectivity index (χ3n) is 4.41. The Labute approximate surface area is 161 Å². The molecule has 2 aromatic carbocycles. The van der Waals surface area contributed by atoms with Gasteiger partial charge < -0.3 is 19.7 Å². The number of para-hydroxylation sites is 1. The van der Waals surface area contributed by atoms with E-state index < -0.39 is 6.61 Å². The van der Waals surface area contributed by atoms with Crippen LogP contribution < -0.4 is 19.7 Å². The molecule has 0 bridgehead atoms. The molecule has 1 heterocycles. The lowest BCUT2D eigenvalue weighted by Gasteiger charge is -2.19. The van der Waals surface area contributed by atoms with E-state index in [0.717, 1.165) is 6.42 Å². The predicted molar refractivity (Wildman–Crippen MR) is 98.8 cm³/mol. The zero-order chi connectivity index (χ0) is 20.1. The average molecular weight is 390 g/mol. The maximum Gasteiger partial charge on any atom is 0.387 e. The molecule has 0 unspecified atom stereocenters. The first kappa shape index (κ1) is 19.6. The second-order valence-electron chi connectivity index (χ2n) is 6.21. The molecule has 0 aromatic heterocycles. The van der Waals surface area contributed by atoms with E-state index in [2.05, 4.69) is 10.1 Å². The van der Waals surface area contributed by atoms with Gasteiger partial charge in [0.2, 0.25) is 5.91 Å². The topological polar surface area (TPSA) is 67.9 Å². The Hall–Kier alpha value is -3.16. The Balaban J connectivity index is 1.72. The Bertz CT molecular complexity index is 873.